The van der Waals surface area contributed by atoms with Crippen LogP contribution in [0.15, 0.2) is 0 Å². The summed E-state index contributed by atoms with van der Waals surface area (Å²) >= 11 is 0. The molecular formula is C114H200N2. The van der Waals surface area contributed by atoms with E-state index in [2.05, 4.69) is 107 Å². The van der Waals surface area contributed by atoms with E-state index in [0.29, 0.717) is 10.8 Å². The zero-order valence-corrected chi connectivity index (χ0v) is 80.3. The van der Waals surface area contributed by atoms with Gasteiger partial charge < -0.3 is 0 Å². The van der Waals surface area contributed by atoms with Crippen LogP contribution in [0, 0.1) is 200 Å². The van der Waals surface area contributed by atoms with Crippen molar-refractivity contribution in [1.29, 1.82) is 0 Å². The van der Waals surface area contributed by atoms with Crippen molar-refractivity contribution < 1.29 is 0 Å². The molecule has 0 aromatic carbocycles. The monoisotopic (exact) mass is 1600 g/mol. The van der Waals surface area contributed by atoms with E-state index in [1.54, 1.807) is 205 Å². The minimum atomic E-state index is 0.425. The SMILES string of the molecule is CCCCCCCCC1CCC(N(C2CCC(C)CC2)C2CC(C3CC(CCCC)C4CCC5C6C(CCC3C46)C(CCCC)CC5C(C)(C)C)C3CCC4C5C(CCC2C35)C(C2CC3C(CCCC)CC(C(C)(C)C)C5CCC6C(CCCC)CCC2C6C35)CC4N(C2CCC(C)CC2)C2CCC(CCCCCCCC)CC2)CC1. The molecule has 16 aliphatic rings. The Balaban J connectivity index is 0.831. The molecule has 0 bridgehead atoms. The second-order valence-corrected chi connectivity index (χ2v) is 50.8. The molecular weight excluding hydrogens is 1400 g/mol. The summed E-state index contributed by atoms with van der Waals surface area (Å²) in [6.07, 6.45) is 92.8. The van der Waals surface area contributed by atoms with Crippen LogP contribution in [0.2, 0.25) is 0 Å². The van der Waals surface area contributed by atoms with Gasteiger partial charge in [0.15, 0.2) is 0 Å². The highest BCUT2D eigenvalue weighted by Crippen LogP contribution is 2.75. The fraction of sp³-hybridized carbons (Fsp3) is 1.00. The molecule has 16 aliphatic carbocycles. The van der Waals surface area contributed by atoms with E-state index in [0.717, 1.165) is 226 Å². The highest BCUT2D eigenvalue weighted by atomic mass is 15.2. The summed E-state index contributed by atoms with van der Waals surface area (Å²) in [5, 5.41) is 0. The maximum atomic E-state index is 3.76. The summed E-state index contributed by atoms with van der Waals surface area (Å²) in [6, 6.07) is 5.10. The smallest absolute Gasteiger partial charge is 0.0135 e. The Labute approximate surface area is 723 Å². The molecule has 0 heterocycles. The summed E-state index contributed by atoms with van der Waals surface area (Å²) in [5.74, 6) is 31.8. The third-order valence-electron chi connectivity index (χ3n) is 43.2. The van der Waals surface area contributed by atoms with Crippen LogP contribution in [0.3, 0.4) is 0 Å². The molecule has 16 rings (SSSR count). The molecule has 16 saturated carbocycles. The van der Waals surface area contributed by atoms with E-state index in [9.17, 15) is 0 Å². The molecule has 30 unspecified atom stereocenters. The lowest BCUT2D eigenvalue weighted by Crippen LogP contribution is -2.68. The van der Waals surface area contributed by atoms with Gasteiger partial charge in [0.05, 0.1) is 0 Å². The molecule has 2 nitrogen and oxygen atoms in total. The summed E-state index contributed by atoms with van der Waals surface area (Å²) in [4.78, 5) is 7.51. The molecule has 666 valence electrons. The summed E-state index contributed by atoms with van der Waals surface area (Å²) in [7, 11) is 0. The van der Waals surface area contributed by atoms with Gasteiger partial charge in [-0.2, -0.15) is 0 Å². The number of hydrogen-bond donors (Lipinski definition) is 0. The van der Waals surface area contributed by atoms with Gasteiger partial charge in [-0.3, -0.25) is 9.80 Å². The molecule has 0 aliphatic heterocycles. The molecule has 116 heavy (non-hydrogen) atoms. The molecule has 0 N–H and O–H groups in total. The molecule has 0 aromatic heterocycles. The largest absolute Gasteiger partial charge is 0.294 e. The first-order valence-electron chi connectivity index (χ1n) is 56.0. The zero-order chi connectivity index (χ0) is 80.5. The maximum Gasteiger partial charge on any atom is 0.0135 e. The normalized spacial score (nSPS) is 46.8. The molecule has 0 amide bonds. The van der Waals surface area contributed by atoms with E-state index < -0.39 is 0 Å². The van der Waals surface area contributed by atoms with Crippen molar-refractivity contribution in [1.82, 2.24) is 9.80 Å². The lowest BCUT2D eigenvalue weighted by molar-refractivity contribution is -0.221. The van der Waals surface area contributed by atoms with Crippen molar-refractivity contribution in [2.75, 3.05) is 0 Å². The van der Waals surface area contributed by atoms with Gasteiger partial charge in [-0.25, -0.2) is 0 Å². The van der Waals surface area contributed by atoms with Gasteiger partial charge >= 0.3 is 0 Å². The van der Waals surface area contributed by atoms with Crippen molar-refractivity contribution in [3.05, 3.63) is 0 Å². The van der Waals surface area contributed by atoms with Crippen LogP contribution in [-0.2, 0) is 0 Å². The number of hydrogen-bond acceptors (Lipinski definition) is 2. The van der Waals surface area contributed by atoms with Crippen LogP contribution in [-0.4, -0.2) is 46.1 Å². The van der Waals surface area contributed by atoms with Crippen LogP contribution >= 0.6 is 0 Å². The van der Waals surface area contributed by atoms with Gasteiger partial charge in [-0.05, 0) is 419 Å². The minimum Gasteiger partial charge on any atom is -0.294 e. The van der Waals surface area contributed by atoms with Crippen LogP contribution in [0.25, 0.3) is 0 Å². The average Bonchev–Trinajstić information content (AvgIpc) is 0.678. The fourth-order valence-electron chi connectivity index (χ4n) is 38.5. The van der Waals surface area contributed by atoms with E-state index in [1.165, 1.54) is 180 Å². The molecule has 30 atom stereocenters. The van der Waals surface area contributed by atoms with Crippen molar-refractivity contribution in [2.45, 2.75) is 518 Å². The van der Waals surface area contributed by atoms with Gasteiger partial charge in [0.2, 0.25) is 0 Å². The van der Waals surface area contributed by atoms with Crippen molar-refractivity contribution in [3.8, 4) is 0 Å². The Hall–Kier alpha value is -0.0800. The van der Waals surface area contributed by atoms with Gasteiger partial charge in [0.25, 0.3) is 0 Å². The Kier molecular flexibility index (Phi) is 31.2. The average molecular weight is 1600 g/mol. The van der Waals surface area contributed by atoms with E-state index >= 15 is 0 Å². The predicted octanol–water partition coefficient (Wildman–Crippen LogP) is 33.4. The first-order valence-corrected chi connectivity index (χ1v) is 56.0. The molecule has 0 spiro atoms. The van der Waals surface area contributed by atoms with Crippen molar-refractivity contribution >= 4 is 0 Å². The second kappa shape index (κ2) is 40.5. The predicted molar refractivity (Wildman–Crippen MR) is 499 cm³/mol. The Morgan fingerprint density at radius 2 is 0.483 bits per heavy atom. The summed E-state index contributed by atoms with van der Waals surface area (Å²) in [6.45, 7) is 37.1. The highest BCUT2D eigenvalue weighted by Gasteiger charge is 2.69. The third kappa shape index (κ3) is 18.8. The lowest BCUT2D eigenvalue weighted by atomic mass is 9.36. The minimum absolute atomic E-state index is 0.425. The van der Waals surface area contributed by atoms with Gasteiger partial charge in [0.1, 0.15) is 0 Å². The molecule has 2 heteroatoms. The first kappa shape index (κ1) is 89.3. The quantitative estimate of drug-likeness (QED) is 0.0593. The lowest BCUT2D eigenvalue weighted by Gasteiger charge is -2.71. The van der Waals surface area contributed by atoms with Crippen LogP contribution in [0.5, 0.6) is 0 Å². The Morgan fingerprint density at radius 3 is 0.879 bits per heavy atom. The highest BCUT2D eigenvalue weighted by molar-refractivity contribution is 5.19. The Bertz CT molecular complexity index is 2880. The van der Waals surface area contributed by atoms with Gasteiger partial charge in [0, 0.05) is 36.3 Å². The van der Waals surface area contributed by atoms with E-state index in [-0.39, 0.29) is 0 Å². The van der Waals surface area contributed by atoms with Crippen LogP contribution in [0.4, 0.5) is 0 Å². The van der Waals surface area contributed by atoms with E-state index in [4.69, 9.17) is 0 Å². The molecule has 0 aromatic rings. The zero-order valence-electron chi connectivity index (χ0n) is 80.3. The fourth-order valence-corrected chi connectivity index (χ4v) is 38.5. The standard InChI is InChI=1S/C114H200N2/c1-15-21-27-29-31-33-35-77-45-54-85(55-46-77)115(83-50-41-75(7)42-51-83)105-73-101(99-69-80(38-24-18-4)88-61-66-94-103(113(9,10)11)70-81(39-25-19-5)89-59-62-91(99)108(88)109(89)94)92-63-67-97-106(116(84-52-43-76(8)44-53-84)86-56-47-78(48-57-86)36-34-32-30-28-22-16-2)74-102(93-64-68-96(105)110(92)111(93)97)100-72-98-82(40-26-20-6)71-104(114(12,13)14)95-65-60-87-79(37-23-17-3)49-58-90(100)107(87)112(95)98/h75-112H,15-74H2,1-14H3. The van der Waals surface area contributed by atoms with Crippen molar-refractivity contribution in [3.63, 3.8) is 0 Å². The first-order chi connectivity index (χ1) is 56.4. The molecule has 0 radical (unpaired) electrons. The van der Waals surface area contributed by atoms with Crippen molar-refractivity contribution in [2.24, 2.45) is 200 Å². The molecule has 16 fully saturated rings. The van der Waals surface area contributed by atoms with E-state index in [1.807, 2.05) is 0 Å². The van der Waals surface area contributed by atoms with Gasteiger partial charge in [-0.1, -0.05) is 264 Å². The summed E-state index contributed by atoms with van der Waals surface area (Å²) in [5.41, 5.74) is 0.851. The second-order valence-electron chi connectivity index (χ2n) is 50.8. The molecule has 0 saturated heterocycles. The van der Waals surface area contributed by atoms with Crippen LogP contribution in [0.1, 0.15) is 482 Å². The number of rotatable bonds is 34. The third-order valence-corrected chi connectivity index (χ3v) is 43.2. The summed E-state index contributed by atoms with van der Waals surface area (Å²) < 4.78 is 0. The topological polar surface area (TPSA) is 6.48 Å². The Morgan fingerprint density at radius 1 is 0.207 bits per heavy atom. The number of unbranched alkanes of at least 4 members (excludes halogenated alkanes) is 14. The van der Waals surface area contributed by atoms with Crippen LogP contribution < -0.4 is 0 Å². The maximum absolute atomic E-state index is 3.76. The number of nitrogens with zero attached hydrogens (tertiary/aromatic N) is 2. The van der Waals surface area contributed by atoms with Gasteiger partial charge in [-0.15, -0.1) is 0 Å².